The van der Waals surface area contributed by atoms with Crippen LogP contribution in [0.25, 0.3) is 0 Å². The maximum absolute atomic E-state index is 11.4. The van der Waals surface area contributed by atoms with Gasteiger partial charge >= 0.3 is 0 Å². The molecule has 0 unspecified atom stereocenters. The van der Waals surface area contributed by atoms with Crippen molar-refractivity contribution in [1.29, 1.82) is 0 Å². The van der Waals surface area contributed by atoms with E-state index in [2.05, 4.69) is 28.5 Å². The van der Waals surface area contributed by atoms with Gasteiger partial charge in [-0.1, -0.05) is 18.2 Å². The van der Waals surface area contributed by atoms with E-state index in [1.165, 1.54) is 12.8 Å². The maximum atomic E-state index is 11.4. The molecule has 1 amide bonds. The van der Waals surface area contributed by atoms with Gasteiger partial charge in [-0.25, -0.2) is 4.99 Å². The molecule has 1 aliphatic heterocycles. The van der Waals surface area contributed by atoms with Gasteiger partial charge in [-0.05, 0) is 31.7 Å². The molecule has 1 saturated heterocycles. The number of aliphatic imine (C=N–C) groups is 1. The number of guanidine groups is 1. The number of carbonyl (C=O) groups is 1. The van der Waals surface area contributed by atoms with Crippen LogP contribution in [0.4, 0.5) is 0 Å². The molecule has 2 fully saturated rings. The van der Waals surface area contributed by atoms with Crippen LogP contribution in [0.3, 0.4) is 0 Å². The largest absolute Gasteiger partial charge is 0.493 e. The Hall–Kier alpha value is -1.55. The van der Waals surface area contributed by atoms with Crippen molar-refractivity contribution >= 4 is 35.8 Å². The summed E-state index contributed by atoms with van der Waals surface area (Å²) < 4.78 is 5.99. The SMILES string of the molecule is CCNC(=NCc1ccccc1OCC1CC1)NCCN1CCN(C(C)=O)CC1.I. The normalized spacial score (nSPS) is 17.3. The van der Waals surface area contributed by atoms with Gasteiger partial charge in [-0.15, -0.1) is 24.0 Å². The highest BCUT2D eigenvalue weighted by molar-refractivity contribution is 14.0. The van der Waals surface area contributed by atoms with Crippen LogP contribution in [0.5, 0.6) is 5.75 Å². The van der Waals surface area contributed by atoms with Crippen LogP contribution >= 0.6 is 24.0 Å². The van der Waals surface area contributed by atoms with Crippen LogP contribution in [-0.2, 0) is 11.3 Å². The third-order valence-corrected chi connectivity index (χ3v) is 5.43. The molecule has 1 aromatic rings. The molecular weight excluding hydrogens is 493 g/mol. The number of ether oxygens (including phenoxy) is 1. The minimum absolute atomic E-state index is 0. The van der Waals surface area contributed by atoms with Crippen LogP contribution < -0.4 is 15.4 Å². The molecule has 1 aliphatic carbocycles. The molecule has 168 valence electrons. The molecular formula is C22H36IN5O2. The first-order valence-corrected chi connectivity index (χ1v) is 10.9. The Bertz CT molecular complexity index is 688. The average molecular weight is 529 g/mol. The summed E-state index contributed by atoms with van der Waals surface area (Å²) in [4.78, 5) is 20.5. The van der Waals surface area contributed by atoms with Crippen molar-refractivity contribution in [2.75, 3.05) is 52.4 Å². The number of benzene rings is 1. The molecule has 3 rings (SSSR count). The van der Waals surface area contributed by atoms with E-state index in [9.17, 15) is 4.79 Å². The smallest absolute Gasteiger partial charge is 0.219 e. The summed E-state index contributed by atoms with van der Waals surface area (Å²) in [6, 6.07) is 8.18. The predicted octanol–water partition coefficient (Wildman–Crippen LogP) is 2.31. The van der Waals surface area contributed by atoms with Gasteiger partial charge in [-0.2, -0.15) is 0 Å². The molecule has 0 spiro atoms. The Morgan fingerprint density at radius 2 is 1.90 bits per heavy atom. The summed E-state index contributed by atoms with van der Waals surface area (Å²) in [5, 5.41) is 6.75. The summed E-state index contributed by atoms with van der Waals surface area (Å²) in [7, 11) is 0. The molecule has 2 aliphatic rings. The molecule has 1 saturated carbocycles. The van der Waals surface area contributed by atoms with Crippen molar-refractivity contribution < 1.29 is 9.53 Å². The van der Waals surface area contributed by atoms with E-state index >= 15 is 0 Å². The highest BCUT2D eigenvalue weighted by atomic mass is 127. The molecule has 8 heteroatoms. The van der Waals surface area contributed by atoms with Crippen molar-refractivity contribution in [3.63, 3.8) is 0 Å². The number of hydrogen-bond donors (Lipinski definition) is 2. The maximum Gasteiger partial charge on any atom is 0.219 e. The lowest BCUT2D eigenvalue weighted by atomic mass is 10.2. The zero-order valence-corrected chi connectivity index (χ0v) is 20.6. The summed E-state index contributed by atoms with van der Waals surface area (Å²) in [6.07, 6.45) is 2.58. The van der Waals surface area contributed by atoms with Gasteiger partial charge in [0.05, 0.1) is 13.2 Å². The van der Waals surface area contributed by atoms with E-state index in [0.29, 0.717) is 6.54 Å². The lowest BCUT2D eigenvalue weighted by Gasteiger charge is -2.34. The van der Waals surface area contributed by atoms with Gasteiger partial charge in [0.2, 0.25) is 5.91 Å². The lowest BCUT2D eigenvalue weighted by molar-refractivity contribution is -0.130. The topological polar surface area (TPSA) is 69.2 Å². The average Bonchev–Trinajstić information content (AvgIpc) is 3.56. The van der Waals surface area contributed by atoms with Crippen molar-refractivity contribution in [3.8, 4) is 5.75 Å². The number of hydrogen-bond acceptors (Lipinski definition) is 4. The highest BCUT2D eigenvalue weighted by Crippen LogP contribution is 2.30. The van der Waals surface area contributed by atoms with Crippen molar-refractivity contribution in [1.82, 2.24) is 20.4 Å². The summed E-state index contributed by atoms with van der Waals surface area (Å²) in [6.45, 7) is 11.2. The standard InChI is InChI=1S/C22H35N5O2.HI/c1-3-23-22(24-10-11-26-12-14-27(15-13-26)18(2)28)25-16-20-6-4-5-7-21(20)29-17-19-8-9-19;/h4-7,19H,3,8-17H2,1-2H3,(H2,23,24,25);1H. The molecule has 7 nitrogen and oxygen atoms in total. The molecule has 0 bridgehead atoms. The van der Waals surface area contributed by atoms with Crippen LogP contribution in [-0.4, -0.2) is 74.1 Å². The number of nitrogens with zero attached hydrogens (tertiary/aromatic N) is 3. The van der Waals surface area contributed by atoms with E-state index < -0.39 is 0 Å². The van der Waals surface area contributed by atoms with Crippen LogP contribution in [0.1, 0.15) is 32.3 Å². The van der Waals surface area contributed by atoms with Crippen LogP contribution in [0, 0.1) is 5.92 Å². The van der Waals surface area contributed by atoms with E-state index in [1.807, 2.05) is 23.1 Å². The number of piperazine rings is 1. The number of amides is 1. The van der Waals surface area contributed by atoms with E-state index in [4.69, 9.17) is 9.73 Å². The first-order valence-electron chi connectivity index (χ1n) is 10.9. The number of rotatable bonds is 9. The van der Waals surface area contributed by atoms with Crippen molar-refractivity contribution in [2.45, 2.75) is 33.2 Å². The second kappa shape index (κ2) is 13.0. The monoisotopic (exact) mass is 529 g/mol. The molecule has 0 atom stereocenters. The van der Waals surface area contributed by atoms with Crippen LogP contribution in [0.15, 0.2) is 29.3 Å². The van der Waals surface area contributed by atoms with E-state index in [-0.39, 0.29) is 29.9 Å². The van der Waals surface area contributed by atoms with Gasteiger partial charge in [0.15, 0.2) is 5.96 Å². The fraction of sp³-hybridized carbons (Fsp3) is 0.636. The van der Waals surface area contributed by atoms with E-state index in [0.717, 1.165) is 75.6 Å². The zero-order valence-electron chi connectivity index (χ0n) is 18.2. The summed E-state index contributed by atoms with van der Waals surface area (Å²) in [5.74, 6) is 2.68. The molecule has 0 aromatic heterocycles. The Morgan fingerprint density at radius 3 is 2.57 bits per heavy atom. The third kappa shape index (κ3) is 8.29. The number of para-hydroxylation sites is 1. The Labute approximate surface area is 197 Å². The highest BCUT2D eigenvalue weighted by Gasteiger charge is 2.22. The second-order valence-corrected chi connectivity index (χ2v) is 7.83. The third-order valence-electron chi connectivity index (χ3n) is 5.43. The van der Waals surface area contributed by atoms with Gasteiger partial charge in [-0.3, -0.25) is 9.69 Å². The van der Waals surface area contributed by atoms with Crippen molar-refractivity contribution in [3.05, 3.63) is 29.8 Å². The van der Waals surface area contributed by atoms with Gasteiger partial charge in [0.1, 0.15) is 5.75 Å². The summed E-state index contributed by atoms with van der Waals surface area (Å²) >= 11 is 0. The fourth-order valence-electron chi connectivity index (χ4n) is 3.39. The number of halogens is 1. The quantitative estimate of drug-likeness (QED) is 0.292. The minimum Gasteiger partial charge on any atom is -0.493 e. The summed E-state index contributed by atoms with van der Waals surface area (Å²) in [5.41, 5.74) is 1.12. The first kappa shape index (κ1) is 24.7. The molecule has 2 N–H and O–H groups in total. The van der Waals surface area contributed by atoms with Gasteiger partial charge < -0.3 is 20.3 Å². The fourth-order valence-corrected chi connectivity index (χ4v) is 3.39. The molecule has 1 aromatic carbocycles. The number of carbonyl (C=O) groups excluding carboxylic acids is 1. The Kier molecular flexibility index (Phi) is 10.7. The van der Waals surface area contributed by atoms with E-state index in [1.54, 1.807) is 6.92 Å². The molecule has 30 heavy (non-hydrogen) atoms. The minimum atomic E-state index is 0. The van der Waals surface area contributed by atoms with Crippen LogP contribution in [0.2, 0.25) is 0 Å². The Balaban J connectivity index is 0.00000320. The molecule has 1 heterocycles. The molecule has 0 radical (unpaired) electrons. The lowest BCUT2D eigenvalue weighted by Crippen LogP contribution is -2.50. The first-order chi connectivity index (χ1) is 14.2. The Morgan fingerprint density at radius 1 is 1.17 bits per heavy atom. The zero-order chi connectivity index (χ0) is 20.5. The second-order valence-electron chi connectivity index (χ2n) is 7.83. The predicted molar refractivity (Wildman–Crippen MR) is 132 cm³/mol. The van der Waals surface area contributed by atoms with Gasteiger partial charge in [0.25, 0.3) is 0 Å². The van der Waals surface area contributed by atoms with Crippen molar-refractivity contribution in [2.24, 2.45) is 10.9 Å². The number of nitrogens with one attached hydrogen (secondary N) is 2. The van der Waals surface area contributed by atoms with Gasteiger partial charge in [0, 0.05) is 58.3 Å².